The van der Waals surface area contributed by atoms with E-state index in [9.17, 15) is 0 Å². The Morgan fingerprint density at radius 3 is 2.86 bits per heavy atom. The fraction of sp³-hybridized carbons (Fsp3) is 0.435. The first-order chi connectivity index (χ1) is 14.1. The number of pyridine rings is 1. The summed E-state index contributed by atoms with van der Waals surface area (Å²) < 4.78 is 0. The van der Waals surface area contributed by atoms with Crippen LogP contribution in [0, 0.1) is 0 Å². The van der Waals surface area contributed by atoms with Crippen molar-refractivity contribution >= 4 is 22.3 Å². The maximum Gasteiger partial charge on any atom is 0.126 e. The molecule has 6 heteroatoms. The van der Waals surface area contributed by atoms with Crippen LogP contribution in [0.5, 0.6) is 0 Å². The maximum atomic E-state index is 4.69. The zero-order valence-corrected chi connectivity index (χ0v) is 17.5. The van der Waals surface area contributed by atoms with Gasteiger partial charge in [0.1, 0.15) is 5.82 Å². The minimum Gasteiger partial charge on any atom is -0.363 e. The van der Waals surface area contributed by atoms with E-state index in [1.165, 1.54) is 24.6 Å². The summed E-state index contributed by atoms with van der Waals surface area (Å²) in [6, 6.07) is 8.66. The predicted octanol–water partition coefficient (Wildman–Crippen LogP) is 3.97. The van der Waals surface area contributed by atoms with E-state index in [1.807, 2.05) is 30.5 Å². The molecule has 1 aliphatic heterocycles. The van der Waals surface area contributed by atoms with Crippen LogP contribution < -0.4 is 16.3 Å². The Kier molecular flexibility index (Phi) is 5.74. The van der Waals surface area contributed by atoms with Gasteiger partial charge in [-0.2, -0.15) is 0 Å². The van der Waals surface area contributed by atoms with Gasteiger partial charge < -0.3 is 15.6 Å². The van der Waals surface area contributed by atoms with Crippen LogP contribution in [0.3, 0.4) is 0 Å². The van der Waals surface area contributed by atoms with Crippen LogP contribution in [0.25, 0.3) is 16.5 Å². The molecule has 1 saturated carbocycles. The largest absolute Gasteiger partial charge is 0.363 e. The quantitative estimate of drug-likeness (QED) is 0.530. The Morgan fingerprint density at radius 2 is 2.17 bits per heavy atom. The highest BCUT2D eigenvalue weighted by Gasteiger charge is 2.44. The molecular weight excluding hydrogens is 360 g/mol. The fourth-order valence-corrected chi connectivity index (χ4v) is 3.96. The number of rotatable bonds is 10. The van der Waals surface area contributed by atoms with Crippen LogP contribution in [-0.2, 0) is 0 Å². The van der Waals surface area contributed by atoms with Crippen molar-refractivity contribution in [1.82, 2.24) is 25.9 Å². The smallest absolute Gasteiger partial charge is 0.126 e. The molecule has 0 saturated heterocycles. The lowest BCUT2D eigenvalue weighted by atomic mass is 10.1. The summed E-state index contributed by atoms with van der Waals surface area (Å²) in [7, 11) is 1.97. The average molecular weight is 395 g/mol. The van der Waals surface area contributed by atoms with Crippen LogP contribution in [0.15, 0.2) is 49.3 Å². The molecule has 1 aromatic heterocycles. The van der Waals surface area contributed by atoms with Gasteiger partial charge in [-0.15, -0.1) is 12.1 Å². The third-order valence-corrected chi connectivity index (χ3v) is 5.68. The maximum absolute atomic E-state index is 4.69. The molecular formula is C23H34N6. The number of fused-ring (bicyclic) bond motifs is 1. The molecule has 4 rings (SSSR count). The van der Waals surface area contributed by atoms with Crippen LogP contribution in [0.2, 0.25) is 0 Å². The van der Waals surface area contributed by atoms with E-state index in [-0.39, 0.29) is 6.97 Å². The monoisotopic (exact) mass is 394 g/mol. The number of hydrogen-bond acceptors (Lipinski definition) is 6. The van der Waals surface area contributed by atoms with E-state index in [1.54, 1.807) is 0 Å². The van der Waals surface area contributed by atoms with E-state index in [0.717, 1.165) is 48.5 Å². The molecule has 6 nitrogen and oxygen atoms in total. The highest BCUT2D eigenvalue weighted by atomic mass is 15.7. The predicted molar refractivity (Wildman–Crippen MR) is 123 cm³/mol. The lowest BCUT2D eigenvalue weighted by Gasteiger charge is -2.28. The molecule has 3 N–H and O–H groups in total. The van der Waals surface area contributed by atoms with Gasteiger partial charge in [0.25, 0.3) is 0 Å². The Bertz CT molecular complexity index is 908. The summed E-state index contributed by atoms with van der Waals surface area (Å²) in [5.74, 6) is 0.968. The number of nitrogens with zero attached hydrogens (tertiary/aromatic N) is 3. The van der Waals surface area contributed by atoms with E-state index in [2.05, 4.69) is 58.9 Å². The molecule has 1 aliphatic carbocycles. The molecule has 0 spiro atoms. The Balaban J connectivity index is 0.00000256. The van der Waals surface area contributed by atoms with Crippen molar-refractivity contribution in [3.05, 3.63) is 54.9 Å². The van der Waals surface area contributed by atoms with Gasteiger partial charge in [0.2, 0.25) is 0 Å². The van der Waals surface area contributed by atoms with Crippen LogP contribution >= 0.6 is 0 Å². The average Bonchev–Trinajstić information content (AvgIpc) is 3.32. The molecule has 2 aliphatic rings. The van der Waals surface area contributed by atoms with Crippen molar-refractivity contribution in [2.45, 2.75) is 38.1 Å². The first-order valence-electron chi connectivity index (χ1n) is 10.6. The summed E-state index contributed by atoms with van der Waals surface area (Å²) in [6.07, 6.45) is 10.7. The second kappa shape index (κ2) is 8.43. The van der Waals surface area contributed by atoms with Crippen molar-refractivity contribution in [1.29, 1.82) is 0 Å². The third kappa shape index (κ3) is 4.71. The van der Waals surface area contributed by atoms with Gasteiger partial charge >= 0.3 is 0 Å². The number of benzene rings is 1. The zero-order chi connectivity index (χ0) is 20.3. The molecule has 1 fully saturated rings. The highest BCUT2D eigenvalue weighted by Crippen LogP contribution is 2.40. The SMILES string of the molecule is C=CCCN(CCC)CC1(Nc2cc3cc(C4=CN(C)NN4)ccc3cn2)CC1.[HH]. The van der Waals surface area contributed by atoms with Gasteiger partial charge in [-0.1, -0.05) is 25.1 Å². The van der Waals surface area contributed by atoms with Crippen LogP contribution in [-0.4, -0.2) is 47.1 Å². The number of aromatic nitrogens is 1. The van der Waals surface area contributed by atoms with E-state index in [0.29, 0.717) is 0 Å². The van der Waals surface area contributed by atoms with Crippen LogP contribution in [0.4, 0.5) is 5.82 Å². The molecule has 29 heavy (non-hydrogen) atoms. The standard InChI is InChI=1S/C23H32N6.H2/c1-4-6-12-29(11-5-2)17-23(9-10-23)25-22-14-20-13-18(7-8-19(20)15-24-22)21-16-28(3)27-26-21;/h4,7-8,13-16,26-27H,1,5-6,9-12,17H2,2-3H3,(H,24,25);1H. The second-order valence-electron chi connectivity index (χ2n) is 8.28. The van der Waals surface area contributed by atoms with Crippen molar-refractivity contribution in [3.8, 4) is 0 Å². The van der Waals surface area contributed by atoms with Gasteiger partial charge in [0, 0.05) is 44.9 Å². The zero-order valence-electron chi connectivity index (χ0n) is 17.5. The summed E-state index contributed by atoms with van der Waals surface area (Å²) >= 11 is 0. The molecule has 2 aromatic rings. The van der Waals surface area contributed by atoms with Crippen molar-refractivity contribution in [2.24, 2.45) is 0 Å². The first kappa shape index (κ1) is 19.7. The molecule has 0 atom stereocenters. The van der Waals surface area contributed by atoms with Crippen molar-refractivity contribution in [3.63, 3.8) is 0 Å². The number of hydrogen-bond donors (Lipinski definition) is 3. The second-order valence-corrected chi connectivity index (χ2v) is 8.28. The molecule has 0 radical (unpaired) electrons. The van der Waals surface area contributed by atoms with Crippen molar-refractivity contribution < 1.29 is 1.43 Å². The van der Waals surface area contributed by atoms with E-state index in [4.69, 9.17) is 4.98 Å². The topological polar surface area (TPSA) is 55.5 Å². The molecule has 156 valence electrons. The third-order valence-electron chi connectivity index (χ3n) is 5.68. The number of nitrogens with one attached hydrogen (secondary N) is 3. The lowest BCUT2D eigenvalue weighted by molar-refractivity contribution is 0.261. The van der Waals surface area contributed by atoms with Gasteiger partial charge in [0.15, 0.2) is 0 Å². The summed E-state index contributed by atoms with van der Waals surface area (Å²) in [5.41, 5.74) is 8.65. The van der Waals surface area contributed by atoms with Crippen molar-refractivity contribution in [2.75, 3.05) is 32.0 Å². The molecule has 0 amide bonds. The Morgan fingerprint density at radius 1 is 1.31 bits per heavy atom. The summed E-state index contributed by atoms with van der Waals surface area (Å²) in [5, 5.41) is 8.01. The highest BCUT2D eigenvalue weighted by molar-refractivity contribution is 5.87. The van der Waals surface area contributed by atoms with E-state index >= 15 is 0 Å². The Hall–Kier alpha value is -2.57. The lowest BCUT2D eigenvalue weighted by Crippen LogP contribution is -2.39. The summed E-state index contributed by atoms with van der Waals surface area (Å²) in [6.45, 7) is 9.41. The normalized spacial score (nSPS) is 17.3. The van der Waals surface area contributed by atoms with E-state index < -0.39 is 0 Å². The van der Waals surface area contributed by atoms with Gasteiger partial charge in [-0.25, -0.2) is 4.98 Å². The molecule has 0 bridgehead atoms. The number of hydrazine groups is 2. The first-order valence-corrected chi connectivity index (χ1v) is 10.6. The summed E-state index contributed by atoms with van der Waals surface area (Å²) in [4.78, 5) is 7.25. The van der Waals surface area contributed by atoms with Gasteiger partial charge in [-0.05, 0) is 49.7 Å². The fourth-order valence-electron chi connectivity index (χ4n) is 3.96. The molecule has 2 heterocycles. The van der Waals surface area contributed by atoms with Gasteiger partial charge in [0.05, 0.1) is 11.2 Å². The minimum absolute atomic E-state index is 0. The molecule has 1 aromatic carbocycles. The Labute approximate surface area is 175 Å². The number of anilines is 1. The minimum atomic E-state index is 0. The molecule has 0 unspecified atom stereocenters. The van der Waals surface area contributed by atoms with Gasteiger partial charge in [-0.3, -0.25) is 5.01 Å². The van der Waals surface area contributed by atoms with Crippen LogP contribution in [0.1, 0.15) is 39.6 Å².